The molecule has 0 amide bonds. The van der Waals surface area contributed by atoms with Crippen LogP contribution in [0.25, 0.3) is 0 Å². The summed E-state index contributed by atoms with van der Waals surface area (Å²) in [7, 11) is -0.842. The maximum Gasteiger partial charge on any atom is 0.0743 e. The molecule has 0 unspecified atom stereocenters. The Balaban J connectivity index is 5.04. The minimum Gasteiger partial charge on any atom is -0.0654 e. The van der Waals surface area contributed by atoms with Crippen LogP contribution < -0.4 is 0 Å². The Bertz CT molecular complexity index is 232. The summed E-state index contributed by atoms with van der Waals surface area (Å²) in [5.74, 6) is 0. The lowest BCUT2D eigenvalue weighted by Crippen LogP contribution is -2.34. The first-order valence-corrected chi connectivity index (χ1v) is 10.7. The summed E-state index contributed by atoms with van der Waals surface area (Å²) in [6.07, 6.45) is 6.93. The number of rotatable bonds is 7. The van der Waals surface area contributed by atoms with Gasteiger partial charge >= 0.3 is 0 Å². The third-order valence-corrected chi connectivity index (χ3v) is 8.78. The highest BCUT2D eigenvalue weighted by atomic mass is 31.2. The third kappa shape index (κ3) is 6.05. The molecule has 0 aromatic rings. The van der Waals surface area contributed by atoms with Gasteiger partial charge in [0, 0.05) is 26.0 Å². The molecule has 18 heavy (non-hydrogen) atoms. The molecule has 0 aliphatic heterocycles. The molecule has 0 fully saturated rings. The summed E-state index contributed by atoms with van der Waals surface area (Å²) in [5.41, 5.74) is 1.93. The molecule has 0 aliphatic carbocycles. The quantitative estimate of drug-likeness (QED) is 0.477. The molecule has 0 N–H and O–H groups in total. The van der Waals surface area contributed by atoms with Gasteiger partial charge in [-0.15, -0.1) is 0 Å². The van der Waals surface area contributed by atoms with E-state index in [4.69, 9.17) is 0 Å². The molecule has 0 radical (unpaired) electrons. The van der Waals surface area contributed by atoms with E-state index in [9.17, 15) is 0 Å². The molecule has 0 aliphatic rings. The normalized spacial score (nSPS) is 15.8. The summed E-state index contributed by atoms with van der Waals surface area (Å²) >= 11 is 0. The van der Waals surface area contributed by atoms with Crippen molar-refractivity contribution in [2.45, 2.75) is 79.8 Å². The topological polar surface area (TPSA) is 0 Å². The van der Waals surface area contributed by atoms with Crippen molar-refractivity contribution in [2.24, 2.45) is 10.8 Å². The molecule has 0 bridgehead atoms. The number of unbranched alkanes of at least 4 members (excludes halogenated alkanes) is 1. The molecule has 0 heterocycles. The van der Waals surface area contributed by atoms with Crippen molar-refractivity contribution in [3.05, 3.63) is 0 Å². The SMILES string of the molecule is CCCC[C@H](C(C)(C)CC)[P+](C)(C)CC(C)(C)C. The monoisotopic (exact) mass is 273 g/mol. The lowest BCUT2D eigenvalue weighted by Gasteiger charge is -2.41. The summed E-state index contributed by atoms with van der Waals surface area (Å²) in [5, 5.41) is 0. The molecule has 1 atom stereocenters. The molecule has 0 spiro atoms. The van der Waals surface area contributed by atoms with Gasteiger partial charge in [0.15, 0.2) is 0 Å². The van der Waals surface area contributed by atoms with Gasteiger partial charge in [-0.3, -0.25) is 0 Å². The first kappa shape index (κ1) is 18.4. The van der Waals surface area contributed by atoms with Crippen LogP contribution in [0.3, 0.4) is 0 Å². The summed E-state index contributed by atoms with van der Waals surface area (Å²) in [6.45, 7) is 22.1. The van der Waals surface area contributed by atoms with Gasteiger partial charge in [-0.05, 0) is 24.7 Å². The Morgan fingerprint density at radius 3 is 1.78 bits per heavy atom. The largest absolute Gasteiger partial charge is 0.0743 e. The van der Waals surface area contributed by atoms with Crippen molar-refractivity contribution in [3.63, 3.8) is 0 Å². The van der Waals surface area contributed by atoms with Crippen molar-refractivity contribution >= 4 is 7.26 Å². The standard InChI is InChI=1S/C17H38P/c1-10-12-13-15(17(6,7)11-2)18(8,9)14-16(3,4)5/h15H,10-14H2,1-9H3/q+1/t15-/m1/s1. The zero-order valence-corrected chi connectivity index (χ0v) is 15.5. The van der Waals surface area contributed by atoms with E-state index in [1.807, 2.05) is 0 Å². The van der Waals surface area contributed by atoms with Crippen LogP contribution in [-0.2, 0) is 0 Å². The average Bonchev–Trinajstić information content (AvgIpc) is 2.13. The van der Waals surface area contributed by atoms with E-state index in [0.29, 0.717) is 10.8 Å². The van der Waals surface area contributed by atoms with Crippen LogP contribution in [0.1, 0.15) is 74.1 Å². The van der Waals surface area contributed by atoms with Gasteiger partial charge in [0.05, 0.1) is 11.8 Å². The van der Waals surface area contributed by atoms with E-state index in [1.165, 1.54) is 31.8 Å². The van der Waals surface area contributed by atoms with E-state index < -0.39 is 7.26 Å². The van der Waals surface area contributed by atoms with Crippen LogP contribution in [0.2, 0.25) is 0 Å². The minimum absolute atomic E-state index is 0.478. The Morgan fingerprint density at radius 2 is 1.44 bits per heavy atom. The summed E-state index contributed by atoms with van der Waals surface area (Å²) < 4.78 is 0. The van der Waals surface area contributed by atoms with Gasteiger partial charge in [0.25, 0.3) is 0 Å². The van der Waals surface area contributed by atoms with Crippen LogP contribution in [0.5, 0.6) is 0 Å². The Morgan fingerprint density at radius 1 is 0.944 bits per heavy atom. The zero-order chi connectivity index (χ0) is 14.6. The molecule has 0 aromatic heterocycles. The fourth-order valence-electron chi connectivity index (χ4n) is 3.65. The second-order valence-corrected chi connectivity index (χ2v) is 13.0. The van der Waals surface area contributed by atoms with E-state index >= 15 is 0 Å². The fraction of sp³-hybridized carbons (Fsp3) is 1.00. The predicted octanol–water partition coefficient (Wildman–Crippen LogP) is 6.30. The smallest absolute Gasteiger partial charge is 0.0654 e. The molecule has 110 valence electrons. The van der Waals surface area contributed by atoms with Crippen LogP contribution >= 0.6 is 7.26 Å². The molecule has 0 saturated carbocycles. The molecular weight excluding hydrogens is 235 g/mol. The van der Waals surface area contributed by atoms with Crippen LogP contribution in [0.15, 0.2) is 0 Å². The fourth-order valence-corrected chi connectivity index (χ4v) is 9.27. The summed E-state index contributed by atoms with van der Waals surface area (Å²) in [4.78, 5) is 0. The van der Waals surface area contributed by atoms with E-state index in [1.54, 1.807) is 0 Å². The highest BCUT2D eigenvalue weighted by Crippen LogP contribution is 2.65. The van der Waals surface area contributed by atoms with Gasteiger partial charge in [0.1, 0.15) is 0 Å². The van der Waals surface area contributed by atoms with E-state index in [-0.39, 0.29) is 0 Å². The molecule has 0 rings (SSSR count). The van der Waals surface area contributed by atoms with Gasteiger partial charge in [-0.1, -0.05) is 54.9 Å². The molecule has 1 heteroatoms. The second-order valence-electron chi connectivity index (χ2n) is 8.50. The highest BCUT2D eigenvalue weighted by Gasteiger charge is 2.46. The maximum atomic E-state index is 2.61. The third-order valence-electron chi connectivity index (χ3n) is 4.37. The van der Waals surface area contributed by atoms with Crippen molar-refractivity contribution in [2.75, 3.05) is 19.5 Å². The lowest BCUT2D eigenvalue weighted by atomic mass is 9.84. The van der Waals surface area contributed by atoms with Crippen molar-refractivity contribution in [3.8, 4) is 0 Å². The van der Waals surface area contributed by atoms with Gasteiger partial charge < -0.3 is 0 Å². The average molecular weight is 273 g/mol. The predicted molar refractivity (Wildman–Crippen MR) is 90.5 cm³/mol. The zero-order valence-electron chi connectivity index (χ0n) is 14.6. The first-order valence-electron chi connectivity index (χ1n) is 7.79. The van der Waals surface area contributed by atoms with Crippen molar-refractivity contribution < 1.29 is 0 Å². The minimum atomic E-state index is -0.842. The maximum absolute atomic E-state index is 2.61. The Hall–Kier alpha value is 0.430. The number of hydrogen-bond acceptors (Lipinski definition) is 0. The molecule has 0 aromatic carbocycles. The van der Waals surface area contributed by atoms with Crippen molar-refractivity contribution in [1.29, 1.82) is 0 Å². The molecule has 0 saturated heterocycles. The van der Waals surface area contributed by atoms with Crippen molar-refractivity contribution in [1.82, 2.24) is 0 Å². The lowest BCUT2D eigenvalue weighted by molar-refractivity contribution is 0.313. The van der Waals surface area contributed by atoms with E-state index in [0.717, 1.165) is 5.66 Å². The van der Waals surface area contributed by atoms with Gasteiger partial charge in [-0.2, -0.15) is 0 Å². The van der Waals surface area contributed by atoms with Crippen LogP contribution in [0, 0.1) is 10.8 Å². The van der Waals surface area contributed by atoms with E-state index in [2.05, 4.69) is 61.8 Å². The molecular formula is C17H38P+. The highest BCUT2D eigenvalue weighted by molar-refractivity contribution is 7.75. The van der Waals surface area contributed by atoms with Gasteiger partial charge in [0.2, 0.25) is 0 Å². The van der Waals surface area contributed by atoms with Crippen LogP contribution in [-0.4, -0.2) is 25.2 Å². The Labute approximate surface area is 118 Å². The molecule has 0 nitrogen and oxygen atoms in total. The summed E-state index contributed by atoms with van der Waals surface area (Å²) in [6, 6.07) is 0. The Kier molecular flexibility index (Phi) is 6.90. The van der Waals surface area contributed by atoms with Crippen LogP contribution in [0.4, 0.5) is 0 Å². The van der Waals surface area contributed by atoms with Gasteiger partial charge in [-0.25, -0.2) is 0 Å². The second kappa shape index (κ2) is 6.74. The number of hydrogen-bond donors (Lipinski definition) is 0. The first-order chi connectivity index (χ1) is 7.96.